The van der Waals surface area contributed by atoms with Gasteiger partial charge in [-0.2, -0.15) is 4.31 Å². The van der Waals surface area contributed by atoms with Gasteiger partial charge in [0.1, 0.15) is 0 Å². The van der Waals surface area contributed by atoms with Crippen molar-refractivity contribution >= 4 is 37.3 Å². The van der Waals surface area contributed by atoms with E-state index in [-0.39, 0.29) is 34.5 Å². The Balaban J connectivity index is 1.76. The van der Waals surface area contributed by atoms with Crippen molar-refractivity contribution in [3.05, 3.63) is 48.5 Å². The van der Waals surface area contributed by atoms with Crippen molar-refractivity contribution in [1.82, 2.24) is 4.31 Å². The molecule has 0 aromatic heterocycles. The van der Waals surface area contributed by atoms with Crippen LogP contribution in [0.2, 0.25) is 0 Å². The normalized spacial score (nSPS) is 18.3. The van der Waals surface area contributed by atoms with E-state index in [1.165, 1.54) is 39.5 Å². The second-order valence-electron chi connectivity index (χ2n) is 7.26. The first kappa shape index (κ1) is 21.8. The maximum absolute atomic E-state index is 13.1. The van der Waals surface area contributed by atoms with Crippen LogP contribution in [0.25, 0.3) is 0 Å². The molecule has 2 saturated heterocycles. The van der Waals surface area contributed by atoms with E-state index < -0.39 is 20.0 Å². The summed E-state index contributed by atoms with van der Waals surface area (Å²) in [7, 11) is -7.83. The van der Waals surface area contributed by atoms with Crippen LogP contribution >= 0.6 is 0 Å². The highest BCUT2D eigenvalue weighted by Crippen LogP contribution is 2.34. The van der Waals surface area contributed by atoms with Gasteiger partial charge in [0.15, 0.2) is 0 Å². The molecule has 9 nitrogen and oxygen atoms in total. The lowest BCUT2D eigenvalue weighted by molar-refractivity contribution is -0.117. The van der Waals surface area contributed by atoms with Crippen molar-refractivity contribution < 1.29 is 26.4 Å². The highest BCUT2D eigenvalue weighted by atomic mass is 32.2. The van der Waals surface area contributed by atoms with Gasteiger partial charge in [0.05, 0.1) is 34.4 Å². The standard InChI is InChI=1S/C20H23N3O6S2/c24-20-7-4-10-23(20)19-9-8-17(31(27,28)22-11-13-29-14-12-22)15-18(19)21-30(25,26)16-5-2-1-3-6-16/h1-3,5-6,8-9,15,21H,4,7,10-14H2. The number of sulfonamides is 2. The number of carbonyl (C=O) groups excluding carboxylic acids is 1. The van der Waals surface area contributed by atoms with Gasteiger partial charge in [-0.25, -0.2) is 16.8 Å². The van der Waals surface area contributed by atoms with Crippen LogP contribution in [0, 0.1) is 0 Å². The second kappa shape index (κ2) is 8.58. The Morgan fingerprint density at radius 1 is 0.871 bits per heavy atom. The number of hydrogen-bond donors (Lipinski definition) is 1. The van der Waals surface area contributed by atoms with E-state index in [9.17, 15) is 21.6 Å². The highest BCUT2D eigenvalue weighted by molar-refractivity contribution is 7.92. The number of ether oxygens (including phenoxy) is 1. The fraction of sp³-hybridized carbons (Fsp3) is 0.350. The van der Waals surface area contributed by atoms with E-state index in [0.717, 1.165) is 0 Å². The first-order chi connectivity index (χ1) is 14.8. The Hall–Kier alpha value is -2.47. The highest BCUT2D eigenvalue weighted by Gasteiger charge is 2.30. The van der Waals surface area contributed by atoms with Crippen molar-refractivity contribution in [3.63, 3.8) is 0 Å². The number of amides is 1. The molecule has 1 N–H and O–H groups in total. The summed E-state index contributed by atoms with van der Waals surface area (Å²) in [6.45, 7) is 1.48. The monoisotopic (exact) mass is 465 g/mol. The van der Waals surface area contributed by atoms with E-state index in [4.69, 9.17) is 4.74 Å². The van der Waals surface area contributed by atoms with Crippen molar-refractivity contribution in [2.45, 2.75) is 22.6 Å². The Bertz CT molecular complexity index is 1180. The number of anilines is 2. The topological polar surface area (TPSA) is 113 Å². The number of hydrogen-bond acceptors (Lipinski definition) is 6. The maximum atomic E-state index is 13.1. The largest absolute Gasteiger partial charge is 0.379 e. The van der Waals surface area contributed by atoms with E-state index in [1.54, 1.807) is 18.2 Å². The first-order valence-corrected chi connectivity index (χ1v) is 12.8. The molecule has 2 heterocycles. The number of rotatable bonds is 6. The summed E-state index contributed by atoms with van der Waals surface area (Å²) in [4.78, 5) is 13.8. The van der Waals surface area contributed by atoms with Gasteiger partial charge < -0.3 is 9.64 Å². The van der Waals surface area contributed by atoms with E-state index >= 15 is 0 Å². The summed E-state index contributed by atoms with van der Waals surface area (Å²) in [5, 5.41) is 0. The molecular formula is C20H23N3O6S2. The molecule has 0 atom stereocenters. The molecule has 0 unspecified atom stereocenters. The van der Waals surface area contributed by atoms with E-state index in [0.29, 0.717) is 38.3 Å². The lowest BCUT2D eigenvalue weighted by atomic mass is 10.2. The molecule has 4 rings (SSSR count). The number of carbonyl (C=O) groups is 1. The third kappa shape index (κ3) is 4.45. The molecule has 166 valence electrons. The van der Waals surface area contributed by atoms with Gasteiger partial charge in [-0.05, 0) is 36.8 Å². The van der Waals surface area contributed by atoms with Crippen LogP contribution in [0.15, 0.2) is 58.3 Å². The lowest BCUT2D eigenvalue weighted by Crippen LogP contribution is -2.40. The minimum absolute atomic E-state index is 0.0372. The van der Waals surface area contributed by atoms with E-state index in [1.807, 2.05) is 0 Å². The Morgan fingerprint density at radius 2 is 1.58 bits per heavy atom. The summed E-state index contributed by atoms with van der Waals surface area (Å²) in [6, 6.07) is 12.0. The molecule has 0 bridgehead atoms. The van der Waals surface area contributed by atoms with Gasteiger partial charge >= 0.3 is 0 Å². The summed E-state index contributed by atoms with van der Waals surface area (Å²) >= 11 is 0. The fourth-order valence-corrected chi connectivity index (χ4v) is 6.16. The number of nitrogens with zero attached hydrogens (tertiary/aromatic N) is 2. The summed E-state index contributed by atoms with van der Waals surface area (Å²) < 4.78 is 61.0. The molecule has 2 aromatic rings. The van der Waals surface area contributed by atoms with Crippen LogP contribution in [0.1, 0.15) is 12.8 Å². The van der Waals surface area contributed by atoms with Crippen LogP contribution in [0.3, 0.4) is 0 Å². The zero-order chi connectivity index (χ0) is 22.1. The van der Waals surface area contributed by atoms with Gasteiger partial charge in [-0.15, -0.1) is 0 Å². The SMILES string of the molecule is O=C1CCCN1c1ccc(S(=O)(=O)N2CCOCC2)cc1NS(=O)(=O)c1ccccc1. The van der Waals surface area contributed by atoms with Crippen LogP contribution < -0.4 is 9.62 Å². The van der Waals surface area contributed by atoms with Crippen LogP contribution in [0.4, 0.5) is 11.4 Å². The minimum atomic E-state index is -3.99. The van der Waals surface area contributed by atoms with Gasteiger partial charge in [0.2, 0.25) is 15.9 Å². The van der Waals surface area contributed by atoms with Crippen molar-refractivity contribution in [2.24, 2.45) is 0 Å². The van der Waals surface area contributed by atoms with Crippen LogP contribution in [-0.4, -0.2) is 59.9 Å². The minimum Gasteiger partial charge on any atom is -0.379 e. The average molecular weight is 466 g/mol. The van der Waals surface area contributed by atoms with Crippen molar-refractivity contribution in [2.75, 3.05) is 42.5 Å². The average Bonchev–Trinajstić information content (AvgIpc) is 3.20. The zero-order valence-corrected chi connectivity index (χ0v) is 18.4. The molecule has 2 aliphatic heterocycles. The molecule has 11 heteroatoms. The van der Waals surface area contributed by atoms with Crippen LogP contribution in [0.5, 0.6) is 0 Å². The molecule has 2 fully saturated rings. The molecule has 0 aliphatic carbocycles. The Labute approximate surface area is 181 Å². The predicted molar refractivity (Wildman–Crippen MR) is 115 cm³/mol. The molecule has 0 saturated carbocycles. The zero-order valence-electron chi connectivity index (χ0n) is 16.7. The van der Waals surface area contributed by atoms with Gasteiger partial charge in [-0.3, -0.25) is 9.52 Å². The molecular weight excluding hydrogens is 442 g/mol. The Morgan fingerprint density at radius 3 is 2.23 bits per heavy atom. The molecule has 2 aromatic carbocycles. The van der Waals surface area contributed by atoms with Crippen molar-refractivity contribution in [1.29, 1.82) is 0 Å². The molecule has 31 heavy (non-hydrogen) atoms. The number of benzene rings is 2. The van der Waals surface area contributed by atoms with Gasteiger partial charge in [-0.1, -0.05) is 18.2 Å². The van der Waals surface area contributed by atoms with Crippen molar-refractivity contribution in [3.8, 4) is 0 Å². The molecule has 0 spiro atoms. The van der Waals surface area contributed by atoms with Gasteiger partial charge in [0, 0.05) is 26.1 Å². The Kier molecular flexibility index (Phi) is 6.02. The quantitative estimate of drug-likeness (QED) is 0.694. The summed E-state index contributed by atoms with van der Waals surface area (Å²) in [5.41, 5.74) is 0.386. The molecule has 2 aliphatic rings. The molecule has 1 amide bonds. The predicted octanol–water partition coefficient (Wildman–Crippen LogP) is 1.64. The first-order valence-electron chi connectivity index (χ1n) is 9.89. The summed E-state index contributed by atoms with van der Waals surface area (Å²) in [5.74, 6) is -0.135. The maximum Gasteiger partial charge on any atom is 0.261 e. The number of morpholine rings is 1. The third-order valence-corrected chi connectivity index (χ3v) is 8.51. The fourth-order valence-electron chi connectivity index (χ4n) is 3.63. The van der Waals surface area contributed by atoms with E-state index in [2.05, 4.69) is 4.72 Å². The molecule has 0 radical (unpaired) electrons. The second-order valence-corrected chi connectivity index (χ2v) is 10.9. The summed E-state index contributed by atoms with van der Waals surface area (Å²) in [6.07, 6.45) is 1.01. The smallest absolute Gasteiger partial charge is 0.261 e. The number of nitrogens with one attached hydrogen (secondary N) is 1. The van der Waals surface area contributed by atoms with Crippen LogP contribution in [-0.2, 0) is 29.6 Å². The lowest BCUT2D eigenvalue weighted by Gasteiger charge is -2.27. The van der Waals surface area contributed by atoms with Gasteiger partial charge in [0.25, 0.3) is 10.0 Å². The third-order valence-electron chi connectivity index (χ3n) is 5.24.